The first-order valence-corrected chi connectivity index (χ1v) is 9.21. The number of aliphatic imine (C=N–C) groups is 1. The summed E-state index contributed by atoms with van der Waals surface area (Å²) in [5, 5.41) is 4.35. The topological polar surface area (TPSA) is 24.4 Å². The summed E-state index contributed by atoms with van der Waals surface area (Å²) >= 11 is 5.04. The first kappa shape index (κ1) is 15.3. The van der Waals surface area contributed by atoms with Crippen molar-refractivity contribution in [2.45, 2.75) is 45.1 Å². The number of benzene rings is 1. The van der Waals surface area contributed by atoms with Crippen LogP contribution in [-0.4, -0.2) is 16.5 Å². The minimum Gasteiger partial charge on any atom is -0.335 e. The lowest BCUT2D eigenvalue weighted by atomic mass is 9.79. The second-order valence-electron chi connectivity index (χ2n) is 6.32. The maximum absolute atomic E-state index is 13.5. The summed E-state index contributed by atoms with van der Waals surface area (Å²) in [6.45, 7) is 4.24. The molecule has 1 saturated carbocycles. The number of aryl methyl sites for hydroxylation is 1. The molecular formula is C16H20BrFN2S. The predicted octanol–water partition coefficient (Wildman–Crippen LogP) is 5.36. The summed E-state index contributed by atoms with van der Waals surface area (Å²) < 4.78 is 14.0. The molecule has 21 heavy (non-hydrogen) atoms. The van der Waals surface area contributed by atoms with E-state index >= 15 is 0 Å². The highest BCUT2D eigenvalue weighted by molar-refractivity contribution is 9.10. The van der Waals surface area contributed by atoms with Crippen LogP contribution in [0, 0.1) is 18.7 Å². The van der Waals surface area contributed by atoms with Gasteiger partial charge in [0.1, 0.15) is 5.82 Å². The largest absolute Gasteiger partial charge is 0.335 e. The monoisotopic (exact) mass is 370 g/mol. The van der Waals surface area contributed by atoms with Crippen molar-refractivity contribution in [1.29, 1.82) is 0 Å². The van der Waals surface area contributed by atoms with Crippen LogP contribution in [0.5, 0.6) is 0 Å². The highest BCUT2D eigenvalue weighted by Crippen LogP contribution is 2.42. The standard InChI is InChI=1S/C16H20BrFN2S/c1-10-3-5-16(6-4-10)9-21-15(20-16)19-14-8-12(17)13(18)7-11(14)2/h7-8,10H,3-6,9H2,1-2H3,(H,19,20). The van der Waals surface area contributed by atoms with Gasteiger partial charge in [-0.05, 0) is 72.2 Å². The van der Waals surface area contributed by atoms with E-state index in [1.54, 1.807) is 23.9 Å². The zero-order valence-corrected chi connectivity index (χ0v) is 14.8. The maximum Gasteiger partial charge on any atom is 0.161 e. The Labute approximate surface area is 138 Å². The molecule has 1 spiro atoms. The van der Waals surface area contributed by atoms with Crippen molar-refractivity contribution < 1.29 is 4.39 Å². The van der Waals surface area contributed by atoms with Gasteiger partial charge in [-0.15, -0.1) is 0 Å². The zero-order valence-electron chi connectivity index (χ0n) is 12.4. The number of rotatable bonds is 1. The summed E-state index contributed by atoms with van der Waals surface area (Å²) in [4.78, 5) is 4.96. The van der Waals surface area contributed by atoms with E-state index in [9.17, 15) is 4.39 Å². The van der Waals surface area contributed by atoms with Crippen LogP contribution in [0.1, 0.15) is 38.2 Å². The second kappa shape index (κ2) is 5.92. The van der Waals surface area contributed by atoms with Crippen LogP contribution >= 0.6 is 27.7 Å². The normalized spacial score (nSPS) is 28.8. The fourth-order valence-corrected chi connectivity index (χ4v) is 4.54. The van der Waals surface area contributed by atoms with Crippen LogP contribution in [-0.2, 0) is 0 Å². The van der Waals surface area contributed by atoms with Crippen LogP contribution in [0.25, 0.3) is 0 Å². The van der Waals surface area contributed by atoms with E-state index in [-0.39, 0.29) is 11.4 Å². The number of nitrogens with zero attached hydrogens (tertiary/aromatic N) is 1. The van der Waals surface area contributed by atoms with Crippen molar-refractivity contribution in [3.8, 4) is 0 Å². The molecular weight excluding hydrogens is 351 g/mol. The molecule has 0 aromatic heterocycles. The Balaban J connectivity index is 1.76. The molecule has 114 valence electrons. The molecule has 0 bridgehead atoms. The molecule has 1 aliphatic heterocycles. The summed E-state index contributed by atoms with van der Waals surface area (Å²) in [5.74, 6) is 1.68. The van der Waals surface area contributed by atoms with Crippen molar-refractivity contribution >= 4 is 38.5 Å². The molecule has 1 heterocycles. The van der Waals surface area contributed by atoms with Crippen molar-refractivity contribution in [3.05, 3.63) is 28.0 Å². The molecule has 5 heteroatoms. The molecule has 3 rings (SSSR count). The third-order valence-electron chi connectivity index (χ3n) is 4.53. The number of nitrogens with one attached hydrogen (secondary N) is 1. The summed E-state index contributed by atoms with van der Waals surface area (Å²) in [7, 11) is 0. The van der Waals surface area contributed by atoms with Crippen LogP contribution in [0.2, 0.25) is 0 Å². The van der Waals surface area contributed by atoms with Gasteiger partial charge in [-0.1, -0.05) is 18.7 Å². The van der Waals surface area contributed by atoms with Gasteiger partial charge in [-0.25, -0.2) is 4.39 Å². The SMILES string of the molecule is Cc1cc(F)c(Br)cc1NC1=NC2(CCC(C)CC2)CS1. The number of anilines is 1. The molecule has 0 unspecified atom stereocenters. The van der Waals surface area contributed by atoms with Gasteiger partial charge in [-0.3, -0.25) is 4.99 Å². The fourth-order valence-electron chi connectivity index (χ4n) is 3.00. The summed E-state index contributed by atoms with van der Waals surface area (Å²) in [6, 6.07) is 3.34. The Morgan fingerprint density at radius 1 is 1.38 bits per heavy atom. The third kappa shape index (κ3) is 3.29. The molecule has 0 radical (unpaired) electrons. The first-order valence-electron chi connectivity index (χ1n) is 7.43. The minimum atomic E-state index is -0.225. The average molecular weight is 371 g/mol. The number of amidine groups is 1. The van der Waals surface area contributed by atoms with E-state index in [4.69, 9.17) is 4.99 Å². The van der Waals surface area contributed by atoms with Crippen molar-refractivity contribution in [2.24, 2.45) is 10.9 Å². The highest BCUT2D eigenvalue weighted by Gasteiger charge is 2.38. The lowest BCUT2D eigenvalue weighted by Gasteiger charge is -2.32. The van der Waals surface area contributed by atoms with E-state index in [2.05, 4.69) is 28.2 Å². The first-order chi connectivity index (χ1) is 9.97. The van der Waals surface area contributed by atoms with Gasteiger partial charge in [0, 0.05) is 11.4 Å². The van der Waals surface area contributed by atoms with E-state index in [1.165, 1.54) is 25.7 Å². The molecule has 0 saturated heterocycles. The number of hydrogen-bond donors (Lipinski definition) is 1. The molecule has 2 nitrogen and oxygen atoms in total. The van der Waals surface area contributed by atoms with Crippen LogP contribution in [0.15, 0.2) is 21.6 Å². The van der Waals surface area contributed by atoms with E-state index in [0.717, 1.165) is 28.1 Å². The van der Waals surface area contributed by atoms with Gasteiger partial charge in [0.15, 0.2) is 5.17 Å². The lowest BCUT2D eigenvalue weighted by molar-refractivity contribution is 0.273. The predicted molar refractivity (Wildman–Crippen MR) is 92.7 cm³/mol. The third-order valence-corrected chi connectivity index (χ3v) is 6.29. The molecule has 0 amide bonds. The van der Waals surface area contributed by atoms with Crippen LogP contribution < -0.4 is 5.32 Å². The van der Waals surface area contributed by atoms with Gasteiger partial charge in [0.25, 0.3) is 0 Å². The quantitative estimate of drug-likeness (QED) is 0.719. The zero-order chi connectivity index (χ0) is 15.0. The van der Waals surface area contributed by atoms with Gasteiger partial charge < -0.3 is 5.32 Å². The second-order valence-corrected chi connectivity index (χ2v) is 8.14. The van der Waals surface area contributed by atoms with Crippen molar-refractivity contribution in [2.75, 3.05) is 11.1 Å². The van der Waals surface area contributed by atoms with Crippen molar-refractivity contribution in [3.63, 3.8) is 0 Å². The maximum atomic E-state index is 13.5. The van der Waals surface area contributed by atoms with Crippen molar-refractivity contribution in [1.82, 2.24) is 0 Å². The van der Waals surface area contributed by atoms with Gasteiger partial charge in [-0.2, -0.15) is 0 Å². The minimum absolute atomic E-state index is 0.144. The Bertz CT molecular complexity index is 580. The van der Waals surface area contributed by atoms with Crippen LogP contribution in [0.3, 0.4) is 0 Å². The fraction of sp³-hybridized carbons (Fsp3) is 0.562. The Morgan fingerprint density at radius 2 is 2.10 bits per heavy atom. The average Bonchev–Trinajstić information content (AvgIpc) is 2.83. The number of hydrogen-bond acceptors (Lipinski definition) is 3. The molecule has 1 aromatic rings. The lowest BCUT2D eigenvalue weighted by Crippen LogP contribution is -2.32. The van der Waals surface area contributed by atoms with E-state index in [1.807, 2.05) is 6.92 Å². The van der Waals surface area contributed by atoms with Crippen LogP contribution in [0.4, 0.5) is 10.1 Å². The molecule has 1 N–H and O–H groups in total. The smallest absolute Gasteiger partial charge is 0.161 e. The molecule has 1 aliphatic carbocycles. The van der Waals surface area contributed by atoms with Gasteiger partial charge in [0.2, 0.25) is 0 Å². The molecule has 0 atom stereocenters. The Hall–Kier alpha value is -0.550. The van der Waals surface area contributed by atoms with Gasteiger partial charge in [0.05, 0.1) is 10.0 Å². The Kier molecular flexibility index (Phi) is 4.33. The van der Waals surface area contributed by atoms with E-state index in [0.29, 0.717) is 4.47 Å². The highest BCUT2D eigenvalue weighted by atomic mass is 79.9. The summed E-state index contributed by atoms with van der Waals surface area (Å²) in [5.41, 5.74) is 1.97. The number of halogens is 2. The molecule has 1 aromatic carbocycles. The number of thioether (sulfide) groups is 1. The molecule has 1 fully saturated rings. The Morgan fingerprint density at radius 3 is 2.81 bits per heavy atom. The summed E-state index contributed by atoms with van der Waals surface area (Å²) in [6.07, 6.45) is 4.94. The van der Waals surface area contributed by atoms with E-state index < -0.39 is 0 Å². The van der Waals surface area contributed by atoms with Gasteiger partial charge >= 0.3 is 0 Å². The molecule has 2 aliphatic rings.